The minimum atomic E-state index is 0. The maximum Gasteiger partial charge on any atom is -0.0114 e. The van der Waals surface area contributed by atoms with Crippen molar-refractivity contribution in [2.45, 2.75) is 20.3 Å². The summed E-state index contributed by atoms with van der Waals surface area (Å²) in [5.41, 5.74) is 5.32. The summed E-state index contributed by atoms with van der Waals surface area (Å²) in [5, 5.41) is 10.7. The van der Waals surface area contributed by atoms with Crippen LogP contribution in [-0.4, -0.2) is 3.21 Å². The number of halogens is 2. The van der Waals surface area contributed by atoms with E-state index in [1.165, 1.54) is 68.5 Å². The predicted octanol–water partition coefficient (Wildman–Crippen LogP) is 4.39. The Morgan fingerprint density at radius 3 is 1.95 bits per heavy atom. The zero-order valence-electron chi connectivity index (χ0n) is 23.7. The maximum atomic E-state index is 3.33. The maximum absolute atomic E-state index is 3.33. The number of hydrogen-bond acceptors (Lipinski definition) is 0. The molecule has 7 aromatic rings. The van der Waals surface area contributed by atoms with Crippen molar-refractivity contribution in [3.63, 3.8) is 0 Å². The molecule has 1 aliphatic rings. The van der Waals surface area contributed by atoms with Crippen LogP contribution in [0, 0.1) is 6.08 Å². The van der Waals surface area contributed by atoms with E-state index >= 15 is 0 Å². The molecule has 0 aliphatic heterocycles. The van der Waals surface area contributed by atoms with Gasteiger partial charge in [0.15, 0.2) is 0 Å². The van der Waals surface area contributed by atoms with Gasteiger partial charge in [-0.2, -0.15) is 35.9 Å². The Morgan fingerprint density at radius 2 is 1.19 bits per heavy atom. The molecular formula is C39H30Cl2Zr-2. The van der Waals surface area contributed by atoms with Crippen molar-refractivity contribution in [3.8, 4) is 11.1 Å². The third-order valence-corrected chi connectivity index (χ3v) is 7.34. The van der Waals surface area contributed by atoms with Crippen LogP contribution < -0.4 is 24.8 Å². The first kappa shape index (κ1) is 31.7. The molecule has 0 unspecified atom stereocenters. The van der Waals surface area contributed by atoms with Gasteiger partial charge in [-0.3, -0.25) is 0 Å². The van der Waals surface area contributed by atoms with Gasteiger partial charge in [-0.25, -0.2) is 0 Å². The van der Waals surface area contributed by atoms with Crippen molar-refractivity contribution in [2.24, 2.45) is 0 Å². The Hall–Kier alpha value is -3.22. The van der Waals surface area contributed by atoms with Gasteiger partial charge in [-0.05, 0) is 32.5 Å². The van der Waals surface area contributed by atoms with Crippen LogP contribution in [-0.2, 0) is 30.7 Å². The fourth-order valence-corrected chi connectivity index (χ4v) is 5.64. The molecule has 0 N–H and O–H groups in total. The fraction of sp³-hybridized carbons (Fsp3) is 0.0769. The van der Waals surface area contributed by atoms with E-state index in [1.807, 2.05) is 0 Å². The summed E-state index contributed by atoms with van der Waals surface area (Å²) < 4.78 is 1.51. The average molecular weight is 661 g/mol. The van der Waals surface area contributed by atoms with Crippen LogP contribution in [0.15, 0.2) is 133 Å². The van der Waals surface area contributed by atoms with Gasteiger partial charge in [0.25, 0.3) is 0 Å². The average Bonchev–Trinajstić information content (AvgIpc) is 3.67. The van der Waals surface area contributed by atoms with Gasteiger partial charge in [0.2, 0.25) is 0 Å². The van der Waals surface area contributed by atoms with E-state index in [4.69, 9.17) is 0 Å². The summed E-state index contributed by atoms with van der Waals surface area (Å²) in [6.45, 7) is 4.25. The Labute approximate surface area is 275 Å². The summed E-state index contributed by atoms with van der Waals surface area (Å²) in [6.07, 6.45) is 6.48. The van der Waals surface area contributed by atoms with E-state index in [9.17, 15) is 0 Å². The monoisotopic (exact) mass is 658 g/mol. The largest absolute Gasteiger partial charge is 1.00 e. The zero-order chi connectivity index (χ0) is 27.5. The smallest absolute Gasteiger partial charge is 0.0114 e. The van der Waals surface area contributed by atoms with Crippen LogP contribution in [0.4, 0.5) is 0 Å². The van der Waals surface area contributed by atoms with Crippen LogP contribution in [0.2, 0.25) is 0 Å². The first-order valence-corrected chi connectivity index (χ1v) is 15.0. The van der Waals surface area contributed by atoms with Crippen molar-refractivity contribution >= 4 is 46.3 Å². The standard InChI is InChI=1S/C19H13.C17H11.C3H6.2ClH.Zr/c1-2-10-16-14(6-1)8-4-12-18(16)19-13-5-9-15-7-3-11-17(15)19;1-2-6-15-12(4-1)8-10-14-11-9-13-5-3-7-16(13)17(14)15;1-3-2;;;/h1-13H;1-4,6,8-11H,7H2;1-2H3;2*1H;/q2*-1;;;;+2/p-2. The van der Waals surface area contributed by atoms with E-state index in [1.54, 1.807) is 24.2 Å². The van der Waals surface area contributed by atoms with Gasteiger partial charge in [-0.1, -0.05) is 102 Å². The van der Waals surface area contributed by atoms with Crippen LogP contribution in [0.3, 0.4) is 0 Å². The predicted molar refractivity (Wildman–Crippen MR) is 171 cm³/mol. The van der Waals surface area contributed by atoms with Gasteiger partial charge in [-0.15, -0.1) is 40.6 Å². The fourth-order valence-electron chi connectivity index (χ4n) is 5.64. The van der Waals surface area contributed by atoms with Gasteiger partial charge in [0.05, 0.1) is 0 Å². The van der Waals surface area contributed by atoms with Gasteiger partial charge in [0.1, 0.15) is 0 Å². The number of hydrogen-bond donors (Lipinski definition) is 0. The topological polar surface area (TPSA) is 0 Å². The molecule has 206 valence electrons. The summed E-state index contributed by atoms with van der Waals surface area (Å²) in [7, 11) is 0. The molecule has 0 radical (unpaired) electrons. The quantitative estimate of drug-likeness (QED) is 0.181. The molecular weight excluding hydrogens is 631 g/mol. The second-order valence-electron chi connectivity index (χ2n) is 10.4. The molecule has 1 aliphatic carbocycles. The molecule has 0 nitrogen and oxygen atoms in total. The molecule has 0 spiro atoms. The molecule has 0 aromatic heterocycles. The van der Waals surface area contributed by atoms with Gasteiger partial charge >= 0.3 is 41.3 Å². The number of benzene rings is 6. The molecule has 0 heterocycles. The van der Waals surface area contributed by atoms with Crippen molar-refractivity contribution in [1.82, 2.24) is 0 Å². The molecule has 42 heavy (non-hydrogen) atoms. The Bertz CT molecular complexity index is 2020. The van der Waals surface area contributed by atoms with E-state index in [0.717, 1.165) is 6.42 Å². The molecule has 0 amide bonds. The molecule has 3 heteroatoms. The normalized spacial score (nSPS) is 11.1. The molecule has 7 aromatic carbocycles. The van der Waals surface area contributed by atoms with Crippen LogP contribution >= 0.6 is 0 Å². The Balaban J connectivity index is 0.000000165. The van der Waals surface area contributed by atoms with E-state index in [2.05, 4.69) is 153 Å². The number of rotatable bonds is 1. The molecule has 0 saturated carbocycles. The Morgan fingerprint density at radius 1 is 0.619 bits per heavy atom. The van der Waals surface area contributed by atoms with Crippen molar-refractivity contribution < 1.29 is 49.0 Å². The van der Waals surface area contributed by atoms with Crippen LogP contribution in [0.1, 0.15) is 25.0 Å². The van der Waals surface area contributed by atoms with Gasteiger partial charge < -0.3 is 24.8 Å². The second-order valence-corrected chi connectivity index (χ2v) is 12.8. The summed E-state index contributed by atoms with van der Waals surface area (Å²) in [4.78, 5) is 0. The summed E-state index contributed by atoms with van der Waals surface area (Å²) in [5.74, 6) is 0. The van der Waals surface area contributed by atoms with E-state index in [0.29, 0.717) is 0 Å². The summed E-state index contributed by atoms with van der Waals surface area (Å²) in [6, 6.07) is 45.5. The van der Waals surface area contributed by atoms with Gasteiger partial charge in [0, 0.05) is 0 Å². The molecule has 8 rings (SSSR count). The van der Waals surface area contributed by atoms with Crippen molar-refractivity contribution in [2.75, 3.05) is 0 Å². The van der Waals surface area contributed by atoms with E-state index in [-0.39, 0.29) is 24.8 Å². The third-order valence-electron chi connectivity index (χ3n) is 7.34. The number of fused-ring (bicyclic) bond motifs is 7. The third kappa shape index (κ3) is 6.55. The summed E-state index contributed by atoms with van der Waals surface area (Å²) >= 11 is 1.55. The zero-order valence-corrected chi connectivity index (χ0v) is 27.6. The van der Waals surface area contributed by atoms with E-state index < -0.39 is 0 Å². The van der Waals surface area contributed by atoms with Crippen molar-refractivity contribution in [3.05, 3.63) is 151 Å². The molecule has 0 fully saturated rings. The first-order chi connectivity index (χ1) is 19.6. The molecule has 0 atom stereocenters. The molecule has 0 bridgehead atoms. The second kappa shape index (κ2) is 14.3. The minimum absolute atomic E-state index is 0. The SMILES string of the molecule is C[C](C)=[Zr+2].[C-]1=CCc2c1ccc1ccc3ccccc3c21.[Cl-].[Cl-].c1ccc2c(-c3cccc4[cH-]ccc34)cccc2c1. The first-order valence-electron chi connectivity index (χ1n) is 13.8. The van der Waals surface area contributed by atoms with Crippen LogP contribution in [0.5, 0.6) is 0 Å². The van der Waals surface area contributed by atoms with Crippen LogP contribution in [0.25, 0.3) is 54.2 Å². The van der Waals surface area contributed by atoms with Crippen molar-refractivity contribution in [1.29, 1.82) is 0 Å². The number of allylic oxidation sites excluding steroid dienone is 1. The molecule has 0 saturated heterocycles. The minimum Gasteiger partial charge on any atom is -1.00 e. The Kier molecular flexibility index (Phi) is 10.8.